The van der Waals surface area contributed by atoms with Crippen molar-refractivity contribution in [1.82, 2.24) is 19.5 Å². The largest absolute Gasteiger partial charge is 0.342 e. The maximum absolute atomic E-state index is 12.7. The molecule has 26 heavy (non-hydrogen) atoms. The molecule has 0 amide bonds. The number of hydrogen-bond donors (Lipinski definition) is 1. The summed E-state index contributed by atoms with van der Waals surface area (Å²) >= 11 is 5.57. The van der Waals surface area contributed by atoms with Crippen molar-refractivity contribution in [3.05, 3.63) is 51.2 Å². The van der Waals surface area contributed by atoms with Crippen LogP contribution in [0.1, 0.15) is 25.3 Å². The molecule has 1 aliphatic heterocycles. The lowest BCUT2D eigenvalue weighted by Gasteiger charge is -2.30. The van der Waals surface area contributed by atoms with E-state index >= 15 is 0 Å². The van der Waals surface area contributed by atoms with Gasteiger partial charge in [-0.3, -0.25) is 14.3 Å². The summed E-state index contributed by atoms with van der Waals surface area (Å²) in [5, 5.41) is 0.359. The highest BCUT2D eigenvalue weighted by molar-refractivity contribution is 7.71. The zero-order chi connectivity index (χ0) is 18.3. The van der Waals surface area contributed by atoms with Gasteiger partial charge in [-0.05, 0) is 43.4 Å². The lowest BCUT2D eigenvalue weighted by molar-refractivity contribution is 0.434. The van der Waals surface area contributed by atoms with E-state index in [9.17, 15) is 4.79 Å². The Morgan fingerprint density at radius 2 is 2.04 bits per heavy atom. The van der Waals surface area contributed by atoms with Gasteiger partial charge >= 0.3 is 0 Å². The van der Waals surface area contributed by atoms with Crippen molar-refractivity contribution in [3.63, 3.8) is 0 Å². The van der Waals surface area contributed by atoms with Gasteiger partial charge in [0.15, 0.2) is 5.65 Å². The minimum absolute atomic E-state index is 0.233. The molecular weight excluding hydrogens is 346 g/mol. The van der Waals surface area contributed by atoms with Crippen LogP contribution < -0.4 is 10.5 Å². The van der Waals surface area contributed by atoms with Gasteiger partial charge in [-0.15, -0.1) is 0 Å². The van der Waals surface area contributed by atoms with Crippen LogP contribution in [0, 0.1) is 17.5 Å². The van der Waals surface area contributed by atoms with E-state index in [1.807, 2.05) is 31.2 Å². The number of benzene rings is 1. The Morgan fingerprint density at radius 3 is 2.77 bits per heavy atom. The van der Waals surface area contributed by atoms with Gasteiger partial charge in [0.05, 0.1) is 0 Å². The monoisotopic (exact) mass is 367 g/mol. The Morgan fingerprint density at radius 1 is 1.27 bits per heavy atom. The molecule has 0 aliphatic carbocycles. The van der Waals surface area contributed by atoms with Gasteiger partial charge in [0.1, 0.15) is 16.4 Å². The molecular formula is C19H21N5OS. The second-order valence-electron chi connectivity index (χ2n) is 7.02. The standard InChI is InChI=1S/C19H21N5OS/c1-12-6-8-23(9-7-12)19-21-16-15(17(25)22-19)18(26)24(11-20-16)14-5-3-4-13(2)10-14/h3-5,10-12H,6-9H2,1-2H3,(H,21,22,25). The first-order valence-electron chi connectivity index (χ1n) is 8.86. The number of aromatic nitrogens is 4. The quantitative estimate of drug-likeness (QED) is 0.703. The molecule has 0 spiro atoms. The zero-order valence-electron chi connectivity index (χ0n) is 14.9. The molecule has 0 atom stereocenters. The van der Waals surface area contributed by atoms with Crippen molar-refractivity contribution in [2.45, 2.75) is 26.7 Å². The van der Waals surface area contributed by atoms with Gasteiger partial charge < -0.3 is 4.90 Å². The van der Waals surface area contributed by atoms with Crippen LogP contribution in [0.15, 0.2) is 35.4 Å². The first-order valence-corrected chi connectivity index (χ1v) is 9.27. The first-order chi connectivity index (χ1) is 12.5. The number of hydrogen-bond acceptors (Lipinski definition) is 5. The number of fused-ring (bicyclic) bond motifs is 1. The summed E-state index contributed by atoms with van der Waals surface area (Å²) in [4.78, 5) is 26.8. The van der Waals surface area contributed by atoms with Crippen LogP contribution >= 0.6 is 12.2 Å². The smallest absolute Gasteiger partial charge is 0.264 e. The summed E-state index contributed by atoms with van der Waals surface area (Å²) in [6, 6.07) is 7.93. The van der Waals surface area contributed by atoms with Crippen molar-refractivity contribution in [2.75, 3.05) is 18.0 Å². The first kappa shape index (κ1) is 16.9. The third-order valence-corrected chi connectivity index (χ3v) is 5.38. The maximum atomic E-state index is 12.7. The summed E-state index contributed by atoms with van der Waals surface area (Å²) in [6.45, 7) is 6.06. The summed E-state index contributed by atoms with van der Waals surface area (Å²) < 4.78 is 2.18. The number of anilines is 1. The number of aryl methyl sites for hydroxylation is 1. The predicted octanol–water partition coefficient (Wildman–Crippen LogP) is 3.38. The molecule has 0 bridgehead atoms. The van der Waals surface area contributed by atoms with Gasteiger partial charge in [0, 0.05) is 18.8 Å². The Kier molecular flexibility index (Phi) is 4.32. The molecule has 3 aromatic rings. The van der Waals surface area contributed by atoms with E-state index in [0.717, 1.165) is 37.2 Å². The van der Waals surface area contributed by atoms with Gasteiger partial charge in [0.25, 0.3) is 5.56 Å². The molecule has 1 fully saturated rings. The molecule has 1 aromatic carbocycles. The summed E-state index contributed by atoms with van der Waals surface area (Å²) in [5.41, 5.74) is 2.17. The average Bonchev–Trinajstić information content (AvgIpc) is 2.62. The van der Waals surface area contributed by atoms with Crippen LogP contribution in [0.4, 0.5) is 5.95 Å². The molecule has 7 heteroatoms. The number of nitrogens with zero attached hydrogens (tertiary/aromatic N) is 4. The van der Waals surface area contributed by atoms with E-state index in [4.69, 9.17) is 12.2 Å². The van der Waals surface area contributed by atoms with Crippen LogP contribution in [0.5, 0.6) is 0 Å². The molecule has 4 rings (SSSR count). The van der Waals surface area contributed by atoms with Crippen molar-refractivity contribution in [2.24, 2.45) is 5.92 Å². The molecule has 1 N–H and O–H groups in total. The maximum Gasteiger partial charge on any atom is 0.264 e. The molecule has 3 heterocycles. The Labute approximate surface area is 156 Å². The van der Waals surface area contributed by atoms with Gasteiger partial charge in [0.2, 0.25) is 5.95 Å². The normalized spacial score (nSPS) is 15.5. The van der Waals surface area contributed by atoms with Crippen LogP contribution in [-0.2, 0) is 0 Å². The second-order valence-corrected chi connectivity index (χ2v) is 7.40. The third-order valence-electron chi connectivity index (χ3n) is 4.98. The number of piperidine rings is 1. The average molecular weight is 367 g/mol. The van der Waals surface area contributed by atoms with Gasteiger partial charge in [-0.2, -0.15) is 4.98 Å². The highest BCUT2D eigenvalue weighted by Crippen LogP contribution is 2.21. The number of nitrogens with one attached hydrogen (secondary N) is 1. The number of rotatable bonds is 2. The van der Waals surface area contributed by atoms with E-state index < -0.39 is 0 Å². The highest BCUT2D eigenvalue weighted by atomic mass is 32.1. The van der Waals surface area contributed by atoms with Crippen LogP contribution in [-0.4, -0.2) is 32.6 Å². The molecule has 1 aliphatic rings. The topological polar surface area (TPSA) is 66.8 Å². The second kappa shape index (κ2) is 6.64. The fourth-order valence-corrected chi connectivity index (χ4v) is 3.69. The van der Waals surface area contributed by atoms with Crippen molar-refractivity contribution in [3.8, 4) is 5.69 Å². The lowest BCUT2D eigenvalue weighted by Crippen LogP contribution is -2.35. The van der Waals surface area contributed by atoms with E-state index in [1.165, 1.54) is 0 Å². The SMILES string of the molecule is Cc1cccc(-n2cnc3nc(N4CCC(C)CC4)[nH]c(=O)c3c2=S)c1. The molecule has 6 nitrogen and oxygen atoms in total. The Hall–Kier alpha value is -2.54. The molecule has 134 valence electrons. The van der Waals surface area contributed by atoms with E-state index in [-0.39, 0.29) is 5.56 Å². The van der Waals surface area contributed by atoms with E-state index in [1.54, 1.807) is 10.9 Å². The molecule has 0 unspecified atom stereocenters. The fraction of sp³-hybridized carbons (Fsp3) is 0.368. The highest BCUT2D eigenvalue weighted by Gasteiger charge is 2.19. The van der Waals surface area contributed by atoms with Gasteiger partial charge in [-0.25, -0.2) is 4.98 Å². The summed E-state index contributed by atoms with van der Waals surface area (Å²) in [6.07, 6.45) is 3.85. The third kappa shape index (κ3) is 3.03. The number of aromatic amines is 1. The van der Waals surface area contributed by atoms with Crippen LogP contribution in [0.25, 0.3) is 16.7 Å². The minimum atomic E-state index is -0.233. The summed E-state index contributed by atoms with van der Waals surface area (Å²) in [7, 11) is 0. The minimum Gasteiger partial charge on any atom is -0.342 e. The van der Waals surface area contributed by atoms with Crippen LogP contribution in [0.2, 0.25) is 0 Å². The summed E-state index contributed by atoms with van der Waals surface area (Å²) in [5.74, 6) is 1.30. The van der Waals surface area contributed by atoms with E-state index in [0.29, 0.717) is 27.5 Å². The van der Waals surface area contributed by atoms with Crippen LogP contribution in [0.3, 0.4) is 0 Å². The molecule has 0 radical (unpaired) electrons. The molecule has 2 aromatic heterocycles. The predicted molar refractivity (Wildman–Crippen MR) is 106 cm³/mol. The van der Waals surface area contributed by atoms with Crippen molar-refractivity contribution < 1.29 is 0 Å². The van der Waals surface area contributed by atoms with Gasteiger partial charge in [-0.1, -0.05) is 31.3 Å². The molecule has 0 saturated carbocycles. The Bertz CT molecular complexity index is 1080. The van der Waals surface area contributed by atoms with E-state index in [2.05, 4.69) is 26.8 Å². The molecule has 1 saturated heterocycles. The van der Waals surface area contributed by atoms with Crippen molar-refractivity contribution in [1.29, 1.82) is 0 Å². The zero-order valence-corrected chi connectivity index (χ0v) is 15.7. The lowest BCUT2D eigenvalue weighted by atomic mass is 10.00. The fourth-order valence-electron chi connectivity index (χ4n) is 3.35. The van der Waals surface area contributed by atoms with Crippen molar-refractivity contribution >= 4 is 29.2 Å². The Balaban J connectivity index is 1.81. The number of H-pyrrole nitrogens is 1.